The van der Waals surface area contributed by atoms with Crippen LogP contribution in [0.4, 0.5) is 0 Å². The highest BCUT2D eigenvalue weighted by Crippen LogP contribution is 2.17. The van der Waals surface area contributed by atoms with Crippen LogP contribution in [0.3, 0.4) is 0 Å². The lowest BCUT2D eigenvalue weighted by Gasteiger charge is -2.12. The van der Waals surface area contributed by atoms with Gasteiger partial charge in [0.15, 0.2) is 0 Å². The predicted octanol–water partition coefficient (Wildman–Crippen LogP) is 13.6. The molecular formula is C44H86O5. The second-order valence-electron chi connectivity index (χ2n) is 15.9. The minimum atomic E-state index is -0.956. The van der Waals surface area contributed by atoms with Gasteiger partial charge in [-0.2, -0.15) is 0 Å². The molecule has 0 saturated carbocycles. The maximum atomic E-state index is 12.0. The molecule has 0 radical (unpaired) electrons. The first-order valence-electron chi connectivity index (χ1n) is 21.8. The lowest BCUT2D eigenvalue weighted by atomic mass is 9.99. The van der Waals surface area contributed by atoms with Crippen LogP contribution in [0.2, 0.25) is 0 Å². The molecule has 0 heterocycles. The maximum Gasteiger partial charge on any atom is 0.305 e. The van der Waals surface area contributed by atoms with E-state index in [4.69, 9.17) is 9.47 Å². The van der Waals surface area contributed by atoms with Crippen LogP contribution in [-0.4, -0.2) is 36.4 Å². The van der Waals surface area contributed by atoms with Gasteiger partial charge in [-0.25, -0.2) is 0 Å². The summed E-state index contributed by atoms with van der Waals surface area (Å²) in [7, 11) is 0. The first-order valence-corrected chi connectivity index (χ1v) is 21.8. The van der Waals surface area contributed by atoms with Crippen molar-refractivity contribution in [3.8, 4) is 0 Å². The van der Waals surface area contributed by atoms with Gasteiger partial charge >= 0.3 is 11.9 Å². The van der Waals surface area contributed by atoms with Crippen LogP contribution in [0.5, 0.6) is 0 Å². The monoisotopic (exact) mass is 695 g/mol. The summed E-state index contributed by atoms with van der Waals surface area (Å²) >= 11 is 0. The van der Waals surface area contributed by atoms with Crippen LogP contribution < -0.4 is 0 Å². The van der Waals surface area contributed by atoms with Gasteiger partial charge < -0.3 is 14.6 Å². The first kappa shape index (κ1) is 47.9. The van der Waals surface area contributed by atoms with E-state index < -0.39 is 6.10 Å². The van der Waals surface area contributed by atoms with E-state index in [0.717, 1.165) is 37.5 Å². The molecule has 0 spiro atoms. The van der Waals surface area contributed by atoms with Crippen LogP contribution in [0, 0.1) is 11.8 Å². The summed E-state index contributed by atoms with van der Waals surface area (Å²) in [6, 6.07) is 0. The van der Waals surface area contributed by atoms with Gasteiger partial charge in [-0.15, -0.1) is 0 Å². The Kier molecular flexibility index (Phi) is 37.3. The Morgan fingerprint density at radius 3 is 0.980 bits per heavy atom. The average molecular weight is 695 g/mol. The molecule has 0 bridgehead atoms. The summed E-state index contributed by atoms with van der Waals surface area (Å²) in [6.07, 6.45) is 40.1. The van der Waals surface area contributed by atoms with Gasteiger partial charge in [-0.3, -0.25) is 9.59 Å². The Balaban J connectivity index is 3.37. The Morgan fingerprint density at radius 2 is 0.694 bits per heavy atom. The Labute approximate surface area is 306 Å². The molecule has 0 aromatic carbocycles. The van der Waals surface area contributed by atoms with E-state index in [9.17, 15) is 14.7 Å². The average Bonchev–Trinajstić information content (AvgIpc) is 3.09. The summed E-state index contributed by atoms with van der Waals surface area (Å²) in [5, 5.41) is 10.0. The molecule has 1 unspecified atom stereocenters. The third kappa shape index (κ3) is 39.5. The van der Waals surface area contributed by atoms with Crippen LogP contribution >= 0.6 is 0 Å². The van der Waals surface area contributed by atoms with Crippen molar-refractivity contribution in [3.63, 3.8) is 0 Å². The third-order valence-electron chi connectivity index (χ3n) is 10.3. The third-order valence-corrected chi connectivity index (χ3v) is 10.3. The number of carbonyl (C=O) groups excluding carboxylic acids is 2. The van der Waals surface area contributed by atoms with E-state index >= 15 is 0 Å². The van der Waals surface area contributed by atoms with E-state index in [1.807, 2.05) is 0 Å². The van der Waals surface area contributed by atoms with Crippen molar-refractivity contribution in [1.82, 2.24) is 0 Å². The molecule has 0 amide bonds. The summed E-state index contributed by atoms with van der Waals surface area (Å²) < 4.78 is 10.4. The highest BCUT2D eigenvalue weighted by molar-refractivity contribution is 5.69. The zero-order valence-corrected chi connectivity index (χ0v) is 33.6. The molecule has 2 atom stereocenters. The summed E-state index contributed by atoms with van der Waals surface area (Å²) in [4.78, 5) is 24.0. The van der Waals surface area contributed by atoms with Gasteiger partial charge in [0.1, 0.15) is 19.3 Å². The fourth-order valence-electron chi connectivity index (χ4n) is 6.60. The number of ether oxygens (including phenoxy) is 2. The smallest absolute Gasteiger partial charge is 0.305 e. The highest BCUT2D eigenvalue weighted by Gasteiger charge is 2.12. The summed E-state index contributed by atoms with van der Waals surface area (Å²) in [5.74, 6) is 1.21. The van der Waals surface area contributed by atoms with E-state index in [-0.39, 0.29) is 25.2 Å². The second-order valence-corrected chi connectivity index (χ2v) is 15.9. The lowest BCUT2D eigenvalue weighted by molar-refractivity contribution is -0.152. The van der Waals surface area contributed by atoms with Crippen molar-refractivity contribution in [3.05, 3.63) is 0 Å². The van der Waals surface area contributed by atoms with Crippen LogP contribution in [-0.2, 0) is 19.1 Å². The normalized spacial score (nSPS) is 12.8. The minimum Gasteiger partial charge on any atom is -0.463 e. The largest absolute Gasteiger partial charge is 0.463 e. The van der Waals surface area contributed by atoms with E-state index in [0.29, 0.717) is 12.8 Å². The zero-order valence-electron chi connectivity index (χ0n) is 33.6. The van der Waals surface area contributed by atoms with Crippen molar-refractivity contribution in [1.29, 1.82) is 0 Å². The maximum absolute atomic E-state index is 12.0. The second kappa shape index (κ2) is 38.1. The SMILES string of the molecule is CCC(C)CCCCCCCCCCCCCCCCC(=O)OC[C@@H](O)COC(=O)CCCCCCCCCCCCCCCCC(C)C. The molecule has 0 fully saturated rings. The fourth-order valence-corrected chi connectivity index (χ4v) is 6.60. The fraction of sp³-hybridized carbons (Fsp3) is 0.955. The van der Waals surface area contributed by atoms with Crippen molar-refractivity contribution >= 4 is 11.9 Å². The van der Waals surface area contributed by atoms with Crippen molar-refractivity contribution in [2.24, 2.45) is 11.8 Å². The first-order chi connectivity index (χ1) is 23.8. The molecule has 0 saturated heterocycles. The lowest BCUT2D eigenvalue weighted by Crippen LogP contribution is -2.25. The van der Waals surface area contributed by atoms with Gasteiger partial charge in [-0.05, 0) is 24.7 Å². The molecule has 292 valence electrons. The van der Waals surface area contributed by atoms with Crippen LogP contribution in [0.25, 0.3) is 0 Å². The quantitative estimate of drug-likeness (QED) is 0.0512. The van der Waals surface area contributed by atoms with Gasteiger partial charge in [0.2, 0.25) is 0 Å². The Morgan fingerprint density at radius 1 is 0.429 bits per heavy atom. The van der Waals surface area contributed by atoms with Gasteiger partial charge in [0, 0.05) is 12.8 Å². The molecule has 5 heteroatoms. The Bertz CT molecular complexity index is 693. The molecule has 49 heavy (non-hydrogen) atoms. The predicted molar refractivity (Wildman–Crippen MR) is 210 cm³/mol. The number of aliphatic hydroxyl groups is 1. The number of unbranched alkanes of at least 4 members (excludes halogenated alkanes) is 26. The van der Waals surface area contributed by atoms with Crippen LogP contribution in [0.15, 0.2) is 0 Å². The van der Waals surface area contributed by atoms with Gasteiger partial charge in [-0.1, -0.05) is 214 Å². The Hall–Kier alpha value is -1.10. The molecule has 0 aromatic rings. The zero-order chi connectivity index (χ0) is 36.0. The highest BCUT2D eigenvalue weighted by atomic mass is 16.6. The molecule has 0 aliphatic rings. The standard InChI is InChI=1S/C44H86O5/c1-5-41(4)35-31-27-23-19-15-11-7-9-13-17-21-25-29-33-37-44(47)49-39-42(45)38-48-43(46)36-32-28-24-20-16-12-8-6-10-14-18-22-26-30-34-40(2)3/h40-42,45H,5-39H2,1-4H3/t41?,42-/m0/s1. The molecule has 5 nitrogen and oxygen atoms in total. The number of hydrogen-bond donors (Lipinski definition) is 1. The van der Waals surface area contributed by atoms with Gasteiger partial charge in [0.05, 0.1) is 0 Å². The topological polar surface area (TPSA) is 72.8 Å². The van der Waals surface area contributed by atoms with Crippen molar-refractivity contribution < 1.29 is 24.2 Å². The minimum absolute atomic E-state index is 0.108. The molecular weight excluding hydrogens is 608 g/mol. The summed E-state index contributed by atoms with van der Waals surface area (Å²) in [6.45, 7) is 9.08. The van der Waals surface area contributed by atoms with Gasteiger partial charge in [0.25, 0.3) is 0 Å². The van der Waals surface area contributed by atoms with Crippen molar-refractivity contribution in [2.45, 2.75) is 246 Å². The van der Waals surface area contributed by atoms with E-state index in [2.05, 4.69) is 27.7 Å². The molecule has 0 aliphatic heterocycles. The number of hydrogen-bond acceptors (Lipinski definition) is 5. The van der Waals surface area contributed by atoms with E-state index in [1.165, 1.54) is 173 Å². The molecule has 1 N–H and O–H groups in total. The number of aliphatic hydroxyl groups excluding tert-OH is 1. The number of rotatable bonds is 39. The summed E-state index contributed by atoms with van der Waals surface area (Å²) in [5.41, 5.74) is 0. The molecule has 0 aliphatic carbocycles. The molecule has 0 aromatic heterocycles. The molecule has 0 rings (SSSR count). The number of esters is 2. The van der Waals surface area contributed by atoms with Crippen molar-refractivity contribution in [2.75, 3.05) is 13.2 Å². The van der Waals surface area contributed by atoms with Crippen LogP contribution in [0.1, 0.15) is 240 Å². The number of carbonyl (C=O) groups is 2. The van der Waals surface area contributed by atoms with E-state index in [1.54, 1.807) is 0 Å².